The van der Waals surface area contributed by atoms with E-state index < -0.39 is 0 Å². The van der Waals surface area contributed by atoms with Gasteiger partial charge >= 0.3 is 0 Å². The first kappa shape index (κ1) is 9.80. The van der Waals surface area contributed by atoms with Crippen LogP contribution in [0, 0.1) is 47.3 Å². The van der Waals surface area contributed by atoms with Gasteiger partial charge in [-0.2, -0.15) is 0 Å². The predicted molar refractivity (Wildman–Crippen MR) is 71.0 cm³/mol. The fourth-order valence-corrected chi connectivity index (χ4v) is 8.57. The molecule has 18 heavy (non-hydrogen) atoms. The van der Waals surface area contributed by atoms with E-state index >= 15 is 0 Å². The summed E-state index contributed by atoms with van der Waals surface area (Å²) in [5.74, 6) is 9.23. The first-order valence-electron chi connectivity index (χ1n) is 8.62. The largest absolute Gasteiger partial charge is 0.311 e. The molecule has 5 unspecified atom stereocenters. The minimum atomic E-state index is 0.648. The lowest BCUT2D eigenvalue weighted by molar-refractivity contribution is -0.241. The Morgan fingerprint density at radius 1 is 0.778 bits per heavy atom. The van der Waals surface area contributed by atoms with E-state index in [9.17, 15) is 0 Å². The van der Waals surface area contributed by atoms with Gasteiger partial charge < -0.3 is 5.32 Å². The van der Waals surface area contributed by atoms with E-state index in [-0.39, 0.29) is 0 Å². The van der Waals surface area contributed by atoms with Crippen molar-refractivity contribution in [3.8, 4) is 0 Å². The summed E-state index contributed by atoms with van der Waals surface area (Å²) < 4.78 is 0. The molecule has 0 aromatic carbocycles. The maximum absolute atomic E-state index is 4.07. The summed E-state index contributed by atoms with van der Waals surface area (Å²) in [6, 6.07) is 0. The zero-order valence-corrected chi connectivity index (χ0v) is 11.3. The minimum Gasteiger partial charge on any atom is -0.311 e. The molecule has 1 nitrogen and oxygen atoms in total. The monoisotopic (exact) mass is 243 g/mol. The van der Waals surface area contributed by atoms with Crippen LogP contribution in [-0.2, 0) is 0 Å². The Balaban J connectivity index is 1.55. The quantitative estimate of drug-likeness (QED) is 0.689. The van der Waals surface area contributed by atoms with Gasteiger partial charge in [-0.25, -0.2) is 0 Å². The zero-order chi connectivity index (χ0) is 11.5. The van der Waals surface area contributed by atoms with E-state index in [1.165, 1.54) is 37.1 Å². The van der Waals surface area contributed by atoms with E-state index in [0.717, 1.165) is 29.6 Å². The van der Waals surface area contributed by atoms with Crippen molar-refractivity contribution < 1.29 is 0 Å². The maximum Gasteiger partial charge on any atom is 0.0243 e. The molecule has 0 amide bonds. The standard InChI is InChI=1S/C17H25N/c1-2-17(18-3-1)10-7-12-11-4-9-5-14(12)16(17)15(6-9)13(11)8-10/h9-16,18H,1-8H2. The van der Waals surface area contributed by atoms with Gasteiger partial charge in [0.1, 0.15) is 0 Å². The molecule has 1 spiro atoms. The molecule has 0 aromatic rings. The van der Waals surface area contributed by atoms with Gasteiger partial charge in [0.05, 0.1) is 0 Å². The summed E-state index contributed by atoms with van der Waals surface area (Å²) in [4.78, 5) is 0. The molecule has 0 aromatic heterocycles. The summed E-state index contributed by atoms with van der Waals surface area (Å²) in [5, 5.41) is 4.07. The highest BCUT2D eigenvalue weighted by Crippen LogP contribution is 2.74. The van der Waals surface area contributed by atoms with Crippen LogP contribution in [0.2, 0.25) is 0 Å². The van der Waals surface area contributed by atoms with E-state index in [4.69, 9.17) is 0 Å². The van der Waals surface area contributed by atoms with Crippen molar-refractivity contribution in [2.24, 2.45) is 47.3 Å². The summed E-state index contributed by atoms with van der Waals surface area (Å²) >= 11 is 0. The van der Waals surface area contributed by atoms with Gasteiger partial charge in [0, 0.05) is 5.54 Å². The molecule has 1 N–H and O–H groups in total. The lowest BCUT2D eigenvalue weighted by Gasteiger charge is -2.74. The normalized spacial score (nSPS) is 70.7. The molecule has 98 valence electrons. The van der Waals surface area contributed by atoms with Gasteiger partial charge in [-0.3, -0.25) is 0 Å². The van der Waals surface area contributed by atoms with Crippen molar-refractivity contribution in [3.05, 3.63) is 0 Å². The van der Waals surface area contributed by atoms with Crippen LogP contribution in [0.15, 0.2) is 0 Å². The summed E-state index contributed by atoms with van der Waals surface area (Å²) in [6.45, 7) is 1.33. The van der Waals surface area contributed by atoms with Crippen LogP contribution in [0.4, 0.5) is 0 Å². The molecule has 8 fully saturated rings. The van der Waals surface area contributed by atoms with Gasteiger partial charge in [-0.1, -0.05) is 0 Å². The van der Waals surface area contributed by atoms with Gasteiger partial charge in [0.25, 0.3) is 0 Å². The SMILES string of the molecule is C1CNC2(C1)C1CC3C4CC5CC3C2C(C5)C4C1. The van der Waals surface area contributed by atoms with Crippen LogP contribution >= 0.6 is 0 Å². The van der Waals surface area contributed by atoms with Crippen LogP contribution in [0.5, 0.6) is 0 Å². The second-order valence-electron chi connectivity index (χ2n) is 8.66. The number of nitrogens with one attached hydrogen (secondary N) is 1. The molecular weight excluding hydrogens is 218 g/mol. The van der Waals surface area contributed by atoms with Crippen molar-refractivity contribution in [1.82, 2.24) is 5.32 Å². The van der Waals surface area contributed by atoms with Crippen molar-refractivity contribution >= 4 is 0 Å². The molecule has 1 heterocycles. The average Bonchev–Trinajstić information content (AvgIpc) is 2.86. The van der Waals surface area contributed by atoms with Crippen LogP contribution < -0.4 is 5.32 Å². The average molecular weight is 243 g/mol. The van der Waals surface area contributed by atoms with E-state index in [1.807, 2.05) is 0 Å². The Labute approximate surface area is 110 Å². The number of rotatable bonds is 0. The van der Waals surface area contributed by atoms with Crippen molar-refractivity contribution in [1.29, 1.82) is 0 Å². The molecule has 1 aliphatic heterocycles. The fraction of sp³-hybridized carbons (Fsp3) is 1.00. The van der Waals surface area contributed by atoms with E-state index in [2.05, 4.69) is 5.32 Å². The topological polar surface area (TPSA) is 12.0 Å². The smallest absolute Gasteiger partial charge is 0.0243 e. The second kappa shape index (κ2) is 2.85. The van der Waals surface area contributed by atoms with Gasteiger partial charge in [-0.05, 0) is 98.8 Å². The Bertz CT molecular complexity index is 386. The van der Waals surface area contributed by atoms with Crippen LogP contribution in [0.3, 0.4) is 0 Å². The van der Waals surface area contributed by atoms with Crippen LogP contribution in [0.1, 0.15) is 44.9 Å². The highest BCUT2D eigenvalue weighted by Gasteiger charge is 2.71. The molecule has 8 bridgehead atoms. The summed E-state index contributed by atoms with van der Waals surface area (Å²) in [5.41, 5.74) is 0.648. The van der Waals surface area contributed by atoms with Gasteiger partial charge in [0.2, 0.25) is 0 Å². The van der Waals surface area contributed by atoms with E-state index in [1.54, 1.807) is 32.1 Å². The molecule has 1 saturated heterocycles. The Kier molecular flexibility index (Phi) is 1.55. The Morgan fingerprint density at radius 2 is 1.44 bits per heavy atom. The molecule has 7 saturated carbocycles. The van der Waals surface area contributed by atoms with Crippen LogP contribution in [0.25, 0.3) is 0 Å². The third kappa shape index (κ3) is 0.846. The van der Waals surface area contributed by atoms with Crippen molar-refractivity contribution in [2.45, 2.75) is 50.5 Å². The van der Waals surface area contributed by atoms with Crippen LogP contribution in [-0.4, -0.2) is 12.1 Å². The first-order chi connectivity index (χ1) is 8.87. The van der Waals surface area contributed by atoms with Gasteiger partial charge in [-0.15, -0.1) is 0 Å². The molecule has 5 atom stereocenters. The third-order valence-corrected chi connectivity index (χ3v) is 8.60. The molecule has 7 aliphatic carbocycles. The molecule has 8 rings (SSSR count). The number of hydrogen-bond donors (Lipinski definition) is 1. The maximum atomic E-state index is 4.07. The Morgan fingerprint density at radius 3 is 2.11 bits per heavy atom. The molecule has 0 radical (unpaired) electrons. The Hall–Kier alpha value is -0.0400. The fourth-order valence-electron chi connectivity index (χ4n) is 8.57. The molecular formula is C17H25N. The molecule has 1 heteroatoms. The van der Waals surface area contributed by atoms with Gasteiger partial charge in [0.15, 0.2) is 0 Å². The van der Waals surface area contributed by atoms with Crippen molar-refractivity contribution in [2.75, 3.05) is 6.54 Å². The zero-order valence-electron chi connectivity index (χ0n) is 11.3. The highest BCUT2D eigenvalue weighted by atomic mass is 15.1. The lowest BCUT2D eigenvalue weighted by Crippen LogP contribution is -2.74. The highest BCUT2D eigenvalue weighted by molar-refractivity contribution is 5.22. The van der Waals surface area contributed by atoms with E-state index in [0.29, 0.717) is 5.54 Å². The number of hydrogen-bond acceptors (Lipinski definition) is 1. The van der Waals surface area contributed by atoms with Crippen molar-refractivity contribution in [3.63, 3.8) is 0 Å². The lowest BCUT2D eigenvalue weighted by atomic mass is 9.32. The first-order valence-corrected chi connectivity index (χ1v) is 8.62. The summed E-state index contributed by atoms with van der Waals surface area (Å²) in [7, 11) is 0. The molecule has 8 aliphatic rings. The second-order valence-corrected chi connectivity index (χ2v) is 8.66. The third-order valence-electron chi connectivity index (χ3n) is 8.60. The predicted octanol–water partition coefficient (Wildman–Crippen LogP) is 3.06. The summed E-state index contributed by atoms with van der Waals surface area (Å²) in [6.07, 6.45) is 11.1. The minimum absolute atomic E-state index is 0.648.